The van der Waals surface area contributed by atoms with Crippen molar-refractivity contribution in [3.05, 3.63) is 40.0 Å². The molecule has 3 aromatic heterocycles. The van der Waals surface area contributed by atoms with Crippen LogP contribution in [0.3, 0.4) is 0 Å². The van der Waals surface area contributed by atoms with E-state index in [0.717, 1.165) is 34.1 Å². The Labute approximate surface area is 205 Å². The van der Waals surface area contributed by atoms with Gasteiger partial charge in [-0.25, -0.2) is 15.0 Å². The molecule has 0 aliphatic carbocycles. The van der Waals surface area contributed by atoms with E-state index < -0.39 is 5.97 Å². The van der Waals surface area contributed by atoms with Gasteiger partial charge in [0.25, 0.3) is 5.91 Å². The molecule has 0 radical (unpaired) electrons. The molecular formula is C22H27N7O3S2. The van der Waals surface area contributed by atoms with Crippen LogP contribution in [0.25, 0.3) is 10.6 Å². The second kappa shape index (κ2) is 10.6. The van der Waals surface area contributed by atoms with Crippen molar-refractivity contribution in [3.63, 3.8) is 0 Å². The van der Waals surface area contributed by atoms with Crippen LogP contribution < -0.4 is 16.0 Å². The lowest BCUT2D eigenvalue weighted by Crippen LogP contribution is -2.52. The van der Waals surface area contributed by atoms with E-state index in [1.807, 2.05) is 6.92 Å². The fourth-order valence-electron chi connectivity index (χ4n) is 3.83. The number of nitrogens with one attached hydrogen (secondary N) is 1. The van der Waals surface area contributed by atoms with Gasteiger partial charge in [0.05, 0.1) is 29.4 Å². The largest absolute Gasteiger partial charge is 0.481 e. The molecule has 1 aliphatic rings. The van der Waals surface area contributed by atoms with Gasteiger partial charge in [-0.05, 0) is 30.9 Å². The lowest BCUT2D eigenvalue weighted by Gasteiger charge is -2.40. The zero-order valence-corrected chi connectivity index (χ0v) is 20.7. The van der Waals surface area contributed by atoms with Gasteiger partial charge < -0.3 is 15.7 Å². The minimum absolute atomic E-state index is 0.133. The Morgan fingerprint density at radius 3 is 2.74 bits per heavy atom. The molecule has 4 rings (SSSR count). The standard InChI is InChI=1S/C22H27N7O3S2/c1-13-7-16(33-12-13)20-17(8-23)34-22(26-20)27-21(32)15-9-25-18(10-24-15)29-6-5-28(14(2)11-29)4-3-19(30)31/h7,9-10,12,14H,3-6,8,11,23H2,1-2H3,(H,30,31)(H,26,27,32). The number of anilines is 2. The van der Waals surface area contributed by atoms with E-state index >= 15 is 0 Å². The Balaban J connectivity index is 1.38. The highest BCUT2D eigenvalue weighted by Gasteiger charge is 2.25. The van der Waals surface area contributed by atoms with Gasteiger partial charge in [0.1, 0.15) is 11.5 Å². The van der Waals surface area contributed by atoms with Crippen LogP contribution in [-0.2, 0) is 11.3 Å². The summed E-state index contributed by atoms with van der Waals surface area (Å²) in [5.74, 6) is -0.474. The molecule has 1 amide bonds. The molecule has 180 valence electrons. The van der Waals surface area contributed by atoms with Crippen molar-refractivity contribution >= 4 is 45.5 Å². The van der Waals surface area contributed by atoms with E-state index in [2.05, 4.69) is 48.4 Å². The van der Waals surface area contributed by atoms with Crippen molar-refractivity contribution in [1.29, 1.82) is 0 Å². The SMILES string of the molecule is Cc1csc(-c2nc(NC(=O)c3cnc(N4CCN(CCC(=O)O)C(C)C4)cn3)sc2CN)c1. The van der Waals surface area contributed by atoms with Crippen LogP contribution >= 0.6 is 22.7 Å². The number of aryl methyl sites for hydroxylation is 1. The first-order valence-electron chi connectivity index (χ1n) is 10.9. The van der Waals surface area contributed by atoms with Crippen molar-refractivity contribution < 1.29 is 14.7 Å². The lowest BCUT2D eigenvalue weighted by atomic mass is 10.2. The zero-order chi connectivity index (χ0) is 24.2. The number of carbonyl (C=O) groups is 2. The third kappa shape index (κ3) is 5.58. The van der Waals surface area contributed by atoms with Crippen molar-refractivity contribution in [2.24, 2.45) is 5.73 Å². The van der Waals surface area contributed by atoms with Gasteiger partial charge in [-0.2, -0.15) is 0 Å². The van der Waals surface area contributed by atoms with E-state index in [-0.39, 0.29) is 24.1 Å². The van der Waals surface area contributed by atoms with Crippen LogP contribution in [0.2, 0.25) is 0 Å². The summed E-state index contributed by atoms with van der Waals surface area (Å²) in [7, 11) is 0. The highest BCUT2D eigenvalue weighted by atomic mass is 32.1. The Kier molecular flexibility index (Phi) is 7.51. The molecule has 10 nitrogen and oxygen atoms in total. The number of nitrogens with two attached hydrogens (primary N) is 1. The van der Waals surface area contributed by atoms with Crippen molar-refractivity contribution in [2.45, 2.75) is 32.9 Å². The van der Waals surface area contributed by atoms with E-state index in [0.29, 0.717) is 30.6 Å². The molecule has 0 spiro atoms. The van der Waals surface area contributed by atoms with Crippen LogP contribution in [0.15, 0.2) is 23.8 Å². The summed E-state index contributed by atoms with van der Waals surface area (Å²) in [6.45, 7) is 7.15. The molecule has 1 fully saturated rings. The Bertz CT molecular complexity index is 1160. The van der Waals surface area contributed by atoms with Gasteiger partial charge in [-0.1, -0.05) is 11.3 Å². The molecule has 4 heterocycles. The number of carboxylic acids is 1. The molecule has 0 aromatic carbocycles. The number of hydrogen-bond donors (Lipinski definition) is 3. The minimum atomic E-state index is -0.788. The Morgan fingerprint density at radius 1 is 1.29 bits per heavy atom. The predicted octanol–water partition coefficient (Wildman–Crippen LogP) is 2.67. The molecule has 1 aliphatic heterocycles. The average Bonchev–Trinajstić information content (AvgIpc) is 3.43. The number of thiazole rings is 1. The van der Waals surface area contributed by atoms with Gasteiger partial charge in [-0.3, -0.25) is 19.8 Å². The van der Waals surface area contributed by atoms with Crippen LogP contribution in [-0.4, -0.2) is 69.1 Å². The smallest absolute Gasteiger partial charge is 0.304 e. The number of aromatic nitrogens is 3. The van der Waals surface area contributed by atoms with Crippen LogP contribution in [0.4, 0.5) is 10.9 Å². The Morgan fingerprint density at radius 2 is 2.12 bits per heavy atom. The summed E-state index contributed by atoms with van der Waals surface area (Å²) in [6, 6.07) is 2.25. The number of thiophene rings is 1. The predicted molar refractivity (Wildman–Crippen MR) is 134 cm³/mol. The summed E-state index contributed by atoms with van der Waals surface area (Å²) in [6.07, 6.45) is 3.20. The molecule has 0 saturated carbocycles. The maximum atomic E-state index is 12.7. The molecular weight excluding hydrogens is 474 g/mol. The van der Waals surface area contributed by atoms with Crippen molar-refractivity contribution in [1.82, 2.24) is 19.9 Å². The highest BCUT2D eigenvalue weighted by Crippen LogP contribution is 2.34. The number of carboxylic acid groups (broad SMARTS) is 1. The van der Waals surface area contributed by atoms with E-state index in [1.54, 1.807) is 17.5 Å². The van der Waals surface area contributed by atoms with Gasteiger partial charge in [0.15, 0.2) is 5.13 Å². The maximum absolute atomic E-state index is 12.7. The monoisotopic (exact) mass is 501 g/mol. The number of nitrogens with zero attached hydrogens (tertiary/aromatic N) is 5. The van der Waals surface area contributed by atoms with Gasteiger partial charge >= 0.3 is 5.97 Å². The second-order valence-electron chi connectivity index (χ2n) is 8.17. The van der Waals surface area contributed by atoms with Crippen molar-refractivity contribution in [2.75, 3.05) is 36.4 Å². The van der Waals surface area contributed by atoms with E-state index in [1.165, 1.54) is 17.5 Å². The fourth-order valence-corrected chi connectivity index (χ4v) is 5.66. The zero-order valence-electron chi connectivity index (χ0n) is 19.0. The molecule has 34 heavy (non-hydrogen) atoms. The van der Waals surface area contributed by atoms with E-state index in [9.17, 15) is 9.59 Å². The minimum Gasteiger partial charge on any atom is -0.481 e. The van der Waals surface area contributed by atoms with Gasteiger partial charge in [-0.15, -0.1) is 11.3 Å². The first-order valence-corrected chi connectivity index (χ1v) is 12.6. The number of amides is 1. The summed E-state index contributed by atoms with van der Waals surface area (Å²) in [5, 5.41) is 14.3. The second-order valence-corrected chi connectivity index (χ2v) is 10.2. The normalized spacial score (nSPS) is 16.6. The van der Waals surface area contributed by atoms with E-state index in [4.69, 9.17) is 10.8 Å². The van der Waals surface area contributed by atoms with Crippen molar-refractivity contribution in [3.8, 4) is 10.6 Å². The van der Waals surface area contributed by atoms with Gasteiger partial charge in [0, 0.05) is 43.6 Å². The molecule has 12 heteroatoms. The van der Waals surface area contributed by atoms with Crippen LogP contribution in [0.1, 0.15) is 34.3 Å². The molecule has 1 unspecified atom stereocenters. The lowest BCUT2D eigenvalue weighted by molar-refractivity contribution is -0.137. The first-order chi connectivity index (χ1) is 16.3. The summed E-state index contributed by atoms with van der Waals surface area (Å²) >= 11 is 2.96. The average molecular weight is 502 g/mol. The summed E-state index contributed by atoms with van der Waals surface area (Å²) in [5.41, 5.74) is 8.06. The molecule has 1 atom stereocenters. The quantitative estimate of drug-likeness (QED) is 0.425. The molecule has 0 bridgehead atoms. The highest BCUT2D eigenvalue weighted by molar-refractivity contribution is 7.17. The number of piperazine rings is 1. The summed E-state index contributed by atoms with van der Waals surface area (Å²) < 4.78 is 0. The summed E-state index contributed by atoms with van der Waals surface area (Å²) in [4.78, 5) is 43.1. The third-order valence-corrected chi connectivity index (χ3v) is 7.69. The molecule has 3 aromatic rings. The number of rotatable bonds is 8. The van der Waals surface area contributed by atoms with Crippen LogP contribution in [0.5, 0.6) is 0 Å². The van der Waals surface area contributed by atoms with Crippen LogP contribution in [0, 0.1) is 6.92 Å². The topological polar surface area (TPSA) is 138 Å². The Hall–Kier alpha value is -2.93. The number of aliphatic carboxylic acids is 1. The molecule has 1 saturated heterocycles. The third-order valence-electron chi connectivity index (χ3n) is 5.64. The first kappa shape index (κ1) is 24.2. The number of carbonyl (C=O) groups excluding carboxylic acids is 1. The molecule has 4 N–H and O–H groups in total. The fraction of sp³-hybridized carbons (Fsp3) is 0.409. The van der Waals surface area contributed by atoms with Gasteiger partial charge in [0.2, 0.25) is 0 Å². The maximum Gasteiger partial charge on any atom is 0.304 e. The number of hydrogen-bond acceptors (Lipinski definition) is 10.